The lowest BCUT2D eigenvalue weighted by molar-refractivity contribution is -0.139. The van der Waals surface area contributed by atoms with Crippen LogP contribution in [-0.4, -0.2) is 23.5 Å². The summed E-state index contributed by atoms with van der Waals surface area (Å²) in [5, 5.41) is 17.2. The topological polar surface area (TPSA) is 78.4 Å². The van der Waals surface area contributed by atoms with Crippen molar-refractivity contribution in [1.29, 1.82) is 0 Å². The molecule has 3 N–H and O–H groups in total. The van der Waals surface area contributed by atoms with Crippen LogP contribution in [0.4, 0.5) is 0 Å². The minimum absolute atomic E-state index is 0.124. The Morgan fingerprint density at radius 1 is 1.19 bits per heavy atom. The van der Waals surface area contributed by atoms with E-state index in [0.29, 0.717) is 13.1 Å². The summed E-state index contributed by atoms with van der Waals surface area (Å²) in [6.07, 6.45) is 3.73. The molecule has 140 valence electrons. The van der Waals surface area contributed by atoms with Crippen LogP contribution in [0, 0.1) is 0 Å². The molecule has 2 aromatic rings. The molecule has 1 atom stereocenters. The van der Waals surface area contributed by atoms with Crippen LogP contribution >= 0.6 is 22.7 Å². The predicted octanol–water partition coefficient (Wildman–Crippen LogP) is 3.11. The molecular weight excluding hydrogens is 368 g/mol. The molecule has 0 radical (unpaired) electrons. The summed E-state index contributed by atoms with van der Waals surface area (Å²) < 4.78 is 0. The molecule has 2 amide bonds. The molecule has 0 aromatic carbocycles. The molecular formula is C19H24N2O3S2. The highest BCUT2D eigenvalue weighted by Gasteiger charge is 2.37. The molecule has 1 aliphatic carbocycles. The van der Waals surface area contributed by atoms with Crippen LogP contribution in [0.25, 0.3) is 0 Å². The molecule has 1 fully saturated rings. The number of rotatable bonds is 6. The number of carbonyl (C=O) groups is 2. The normalized spacial score (nSPS) is 17.0. The van der Waals surface area contributed by atoms with E-state index >= 15 is 0 Å². The largest absolute Gasteiger partial charge is 0.388 e. The molecule has 3 rings (SSSR count). The molecule has 0 bridgehead atoms. The van der Waals surface area contributed by atoms with E-state index in [-0.39, 0.29) is 5.41 Å². The number of aliphatic hydroxyl groups excluding tert-OH is 1. The Morgan fingerprint density at radius 2 is 1.92 bits per heavy atom. The van der Waals surface area contributed by atoms with Crippen molar-refractivity contribution in [2.75, 3.05) is 6.54 Å². The highest BCUT2D eigenvalue weighted by Crippen LogP contribution is 2.44. The Hall–Kier alpha value is -1.70. The van der Waals surface area contributed by atoms with E-state index < -0.39 is 17.9 Å². The summed E-state index contributed by atoms with van der Waals surface area (Å²) in [4.78, 5) is 27.4. The summed E-state index contributed by atoms with van der Waals surface area (Å²) >= 11 is 3.15. The second kappa shape index (κ2) is 8.33. The summed E-state index contributed by atoms with van der Waals surface area (Å²) in [6.45, 7) is 2.59. The number of nitrogens with one attached hydrogen (secondary N) is 2. The Morgan fingerprint density at radius 3 is 2.54 bits per heavy atom. The predicted molar refractivity (Wildman–Crippen MR) is 104 cm³/mol. The molecule has 0 unspecified atom stereocenters. The van der Waals surface area contributed by atoms with Crippen molar-refractivity contribution >= 4 is 34.5 Å². The zero-order chi connectivity index (χ0) is 18.6. The van der Waals surface area contributed by atoms with Crippen molar-refractivity contribution in [2.45, 2.75) is 50.7 Å². The average Bonchev–Trinajstić information content (AvgIpc) is 3.39. The molecule has 0 saturated heterocycles. The lowest BCUT2D eigenvalue weighted by atomic mass is 9.84. The molecule has 0 aliphatic heterocycles. The van der Waals surface area contributed by atoms with E-state index in [4.69, 9.17) is 0 Å². The lowest BCUT2D eigenvalue weighted by Crippen LogP contribution is -2.45. The minimum atomic E-state index is -0.595. The smallest absolute Gasteiger partial charge is 0.309 e. The van der Waals surface area contributed by atoms with Gasteiger partial charge in [0.2, 0.25) is 0 Å². The SMILES string of the molecule is C[C@H](O)c1ccc(C2(CNC(=O)C(=O)NCc3cccs3)CCCC2)s1. The second-order valence-corrected chi connectivity index (χ2v) is 8.96. The van der Waals surface area contributed by atoms with Gasteiger partial charge in [0, 0.05) is 26.6 Å². The highest BCUT2D eigenvalue weighted by molar-refractivity contribution is 7.12. The average molecular weight is 393 g/mol. The number of carbonyl (C=O) groups excluding carboxylic acids is 2. The van der Waals surface area contributed by atoms with Gasteiger partial charge in [-0.25, -0.2) is 0 Å². The van der Waals surface area contributed by atoms with E-state index in [2.05, 4.69) is 16.7 Å². The summed E-state index contributed by atoms with van der Waals surface area (Å²) in [5.74, 6) is -1.18. The fourth-order valence-corrected chi connectivity index (χ4v) is 5.25. The lowest BCUT2D eigenvalue weighted by Gasteiger charge is -2.28. The first-order valence-corrected chi connectivity index (χ1v) is 10.6. The van der Waals surface area contributed by atoms with Crippen LogP contribution in [0.5, 0.6) is 0 Å². The molecule has 7 heteroatoms. The number of hydrogen-bond acceptors (Lipinski definition) is 5. The molecule has 1 saturated carbocycles. The second-order valence-electron chi connectivity index (χ2n) is 6.81. The minimum Gasteiger partial charge on any atom is -0.388 e. The van der Waals surface area contributed by atoms with Crippen LogP contribution in [0.15, 0.2) is 29.6 Å². The zero-order valence-corrected chi connectivity index (χ0v) is 16.4. The van der Waals surface area contributed by atoms with Gasteiger partial charge in [0.25, 0.3) is 0 Å². The molecule has 0 spiro atoms. The molecule has 2 heterocycles. The summed E-state index contributed by atoms with van der Waals surface area (Å²) in [5.41, 5.74) is -0.124. The number of aliphatic hydroxyl groups is 1. The number of thiophene rings is 2. The zero-order valence-electron chi connectivity index (χ0n) is 14.8. The van der Waals surface area contributed by atoms with Gasteiger partial charge in [-0.2, -0.15) is 0 Å². The van der Waals surface area contributed by atoms with Gasteiger partial charge >= 0.3 is 11.8 Å². The Bertz CT molecular complexity index is 747. The van der Waals surface area contributed by atoms with Gasteiger partial charge in [0.05, 0.1) is 12.6 Å². The van der Waals surface area contributed by atoms with E-state index in [0.717, 1.165) is 35.4 Å². The van der Waals surface area contributed by atoms with Crippen molar-refractivity contribution in [3.8, 4) is 0 Å². The van der Waals surface area contributed by atoms with Crippen LogP contribution in [0.2, 0.25) is 0 Å². The van der Waals surface area contributed by atoms with Gasteiger partial charge in [-0.1, -0.05) is 18.9 Å². The van der Waals surface area contributed by atoms with Crippen LogP contribution in [0.3, 0.4) is 0 Å². The molecule has 5 nitrogen and oxygen atoms in total. The van der Waals surface area contributed by atoms with Gasteiger partial charge in [0.15, 0.2) is 0 Å². The van der Waals surface area contributed by atoms with Crippen LogP contribution < -0.4 is 10.6 Å². The van der Waals surface area contributed by atoms with Gasteiger partial charge in [-0.05, 0) is 43.3 Å². The van der Waals surface area contributed by atoms with Gasteiger partial charge in [-0.15, -0.1) is 22.7 Å². The number of amides is 2. The quantitative estimate of drug-likeness (QED) is 0.661. The molecule has 1 aliphatic rings. The first kappa shape index (κ1) is 19.1. The van der Waals surface area contributed by atoms with Crippen molar-refractivity contribution < 1.29 is 14.7 Å². The van der Waals surface area contributed by atoms with E-state index in [1.165, 1.54) is 4.88 Å². The van der Waals surface area contributed by atoms with Gasteiger partial charge < -0.3 is 15.7 Å². The van der Waals surface area contributed by atoms with Gasteiger partial charge in [-0.3, -0.25) is 9.59 Å². The van der Waals surface area contributed by atoms with Crippen LogP contribution in [-0.2, 0) is 21.5 Å². The Kier molecular flexibility index (Phi) is 6.11. The molecule has 26 heavy (non-hydrogen) atoms. The first-order valence-electron chi connectivity index (χ1n) is 8.87. The Labute approximate surface area is 161 Å². The van der Waals surface area contributed by atoms with E-state index in [9.17, 15) is 14.7 Å². The summed E-state index contributed by atoms with van der Waals surface area (Å²) in [6, 6.07) is 7.85. The standard InChI is InChI=1S/C19H24N2O3S2/c1-13(22)15-6-7-16(26-15)19(8-2-3-9-19)12-21-18(24)17(23)20-11-14-5-4-10-25-14/h4-7,10,13,22H,2-3,8-9,11-12H2,1H3,(H,20,23)(H,21,24)/t13-/m0/s1. The monoisotopic (exact) mass is 392 g/mol. The fraction of sp³-hybridized carbons (Fsp3) is 0.474. The van der Waals surface area contributed by atoms with Crippen molar-refractivity contribution in [3.63, 3.8) is 0 Å². The Balaban J connectivity index is 1.59. The molecule has 2 aromatic heterocycles. The van der Waals surface area contributed by atoms with Crippen molar-refractivity contribution in [3.05, 3.63) is 44.3 Å². The van der Waals surface area contributed by atoms with E-state index in [1.54, 1.807) is 29.6 Å². The maximum atomic E-state index is 12.2. The van der Waals surface area contributed by atoms with Crippen molar-refractivity contribution in [1.82, 2.24) is 10.6 Å². The third kappa shape index (κ3) is 4.34. The maximum Gasteiger partial charge on any atom is 0.309 e. The third-order valence-corrected chi connectivity index (χ3v) is 7.30. The summed E-state index contributed by atoms with van der Waals surface area (Å²) in [7, 11) is 0. The van der Waals surface area contributed by atoms with E-state index in [1.807, 2.05) is 23.6 Å². The highest BCUT2D eigenvalue weighted by atomic mass is 32.1. The third-order valence-electron chi connectivity index (χ3n) is 4.92. The van der Waals surface area contributed by atoms with Crippen molar-refractivity contribution in [2.24, 2.45) is 0 Å². The fourth-order valence-electron chi connectivity index (χ4n) is 3.42. The van der Waals surface area contributed by atoms with Crippen LogP contribution in [0.1, 0.15) is 53.3 Å². The first-order chi connectivity index (χ1) is 12.5. The maximum absolute atomic E-state index is 12.2. The number of hydrogen-bond donors (Lipinski definition) is 3. The van der Waals surface area contributed by atoms with Gasteiger partial charge in [0.1, 0.15) is 0 Å².